The van der Waals surface area contributed by atoms with Crippen LogP contribution in [0.3, 0.4) is 0 Å². The van der Waals surface area contributed by atoms with Crippen LogP contribution >= 0.6 is 0 Å². The Bertz CT molecular complexity index is 974. The van der Waals surface area contributed by atoms with Crippen molar-refractivity contribution >= 4 is 11.9 Å². The van der Waals surface area contributed by atoms with Gasteiger partial charge in [0.15, 0.2) is 0 Å². The summed E-state index contributed by atoms with van der Waals surface area (Å²) >= 11 is 0. The molecule has 2 aliphatic carbocycles. The third-order valence-electron chi connectivity index (χ3n) is 8.17. The van der Waals surface area contributed by atoms with E-state index >= 15 is 0 Å². The number of rotatable bonds is 6. The smallest absolute Gasteiger partial charge is 0.417 e. The molecule has 39 heavy (non-hydrogen) atoms. The van der Waals surface area contributed by atoms with Gasteiger partial charge in [0.05, 0.1) is 25.2 Å². The van der Waals surface area contributed by atoms with Gasteiger partial charge in [0.2, 0.25) is 5.91 Å². The minimum absolute atomic E-state index is 0.0123. The van der Waals surface area contributed by atoms with Crippen LogP contribution < -0.4 is 5.32 Å². The molecule has 0 aromatic carbocycles. The van der Waals surface area contributed by atoms with Crippen molar-refractivity contribution in [1.82, 2.24) is 15.2 Å². The van der Waals surface area contributed by atoms with E-state index in [9.17, 15) is 22.8 Å². The Morgan fingerprint density at radius 1 is 1.13 bits per heavy atom. The number of halogens is 3. The summed E-state index contributed by atoms with van der Waals surface area (Å²) in [6.07, 6.45) is 1.91. The van der Waals surface area contributed by atoms with E-state index in [0.717, 1.165) is 31.5 Å². The highest BCUT2D eigenvalue weighted by molar-refractivity contribution is 5.79. The van der Waals surface area contributed by atoms with E-state index in [4.69, 9.17) is 9.47 Å². The number of hydrogen-bond acceptors (Lipinski definition) is 6. The number of alkyl halides is 3. The molecule has 220 valence electrons. The molecule has 4 rings (SSSR count). The molecule has 3 aliphatic rings. The standard InChI is InChI=1S/C26H36F3N3O4.C3H8/c1-15-8-17(25(34)36-3)9-19(14-35-2)23(15)31-21-5-4-16(11-21)24(33)32-7-6-22-18(13-32)10-20(12-30-22)26(27,28)29;1-3-2/h10,12,15-17,19,21,23,31H,4-9,11,13-14H2,1-3H3;3H2,1-2H3. The fourth-order valence-corrected chi connectivity index (χ4v) is 6.37. The number of carbonyl (C=O) groups is 2. The lowest BCUT2D eigenvalue weighted by molar-refractivity contribution is -0.148. The van der Waals surface area contributed by atoms with E-state index in [2.05, 4.69) is 31.1 Å². The van der Waals surface area contributed by atoms with Gasteiger partial charge in [0.25, 0.3) is 0 Å². The zero-order valence-corrected chi connectivity index (χ0v) is 23.9. The number of hydrogen-bond donors (Lipinski definition) is 1. The molecule has 2 fully saturated rings. The second-order valence-corrected chi connectivity index (χ2v) is 11.3. The van der Waals surface area contributed by atoms with Crippen LogP contribution in [0.5, 0.6) is 0 Å². The van der Waals surface area contributed by atoms with Crippen LogP contribution in [-0.4, -0.2) is 61.2 Å². The average Bonchev–Trinajstić information content (AvgIpc) is 3.37. The minimum atomic E-state index is -4.45. The van der Waals surface area contributed by atoms with Gasteiger partial charge >= 0.3 is 12.1 Å². The molecule has 6 unspecified atom stereocenters. The summed E-state index contributed by atoms with van der Waals surface area (Å²) in [6.45, 7) is 7.58. The predicted molar refractivity (Wildman–Crippen MR) is 142 cm³/mol. The van der Waals surface area contributed by atoms with Crippen molar-refractivity contribution in [3.63, 3.8) is 0 Å². The highest BCUT2D eigenvalue weighted by atomic mass is 19.4. The Hall–Kier alpha value is -2.20. The van der Waals surface area contributed by atoms with Gasteiger partial charge in [-0.1, -0.05) is 27.2 Å². The lowest BCUT2D eigenvalue weighted by Gasteiger charge is -2.41. The molecule has 1 aromatic rings. The van der Waals surface area contributed by atoms with Gasteiger partial charge in [0, 0.05) is 56.5 Å². The maximum absolute atomic E-state index is 13.3. The van der Waals surface area contributed by atoms with Gasteiger partial charge in [-0.05, 0) is 55.6 Å². The third kappa shape index (κ3) is 7.93. The largest absolute Gasteiger partial charge is 0.469 e. The zero-order valence-electron chi connectivity index (χ0n) is 23.9. The number of fused-ring (bicyclic) bond motifs is 1. The normalized spacial score (nSPS) is 28.8. The van der Waals surface area contributed by atoms with Gasteiger partial charge in [-0.3, -0.25) is 14.6 Å². The molecule has 6 atom stereocenters. The molecule has 1 N–H and O–H groups in total. The summed E-state index contributed by atoms with van der Waals surface area (Å²) in [5, 5.41) is 3.77. The van der Waals surface area contributed by atoms with E-state index in [1.54, 1.807) is 12.0 Å². The maximum Gasteiger partial charge on any atom is 0.417 e. The summed E-state index contributed by atoms with van der Waals surface area (Å²) in [7, 11) is 3.09. The van der Waals surface area contributed by atoms with Crippen molar-refractivity contribution in [3.05, 3.63) is 29.1 Å². The van der Waals surface area contributed by atoms with Crippen LogP contribution in [-0.2, 0) is 38.2 Å². The van der Waals surface area contributed by atoms with Crippen LogP contribution in [0.4, 0.5) is 13.2 Å². The zero-order chi connectivity index (χ0) is 28.7. The first-order valence-electron chi connectivity index (χ1n) is 14.2. The molecule has 0 bridgehead atoms. The summed E-state index contributed by atoms with van der Waals surface area (Å²) in [4.78, 5) is 31.1. The summed E-state index contributed by atoms with van der Waals surface area (Å²) in [5.41, 5.74) is 0.344. The molecular formula is C29H44F3N3O4. The molecule has 0 spiro atoms. The van der Waals surface area contributed by atoms with Crippen molar-refractivity contribution < 1.29 is 32.2 Å². The number of methoxy groups -OCH3 is 2. The first-order chi connectivity index (χ1) is 18.5. The molecule has 0 radical (unpaired) electrons. The molecular weight excluding hydrogens is 511 g/mol. The molecule has 1 aliphatic heterocycles. The van der Waals surface area contributed by atoms with Crippen molar-refractivity contribution in [3.8, 4) is 0 Å². The van der Waals surface area contributed by atoms with E-state index in [0.29, 0.717) is 43.7 Å². The minimum Gasteiger partial charge on any atom is -0.469 e. The molecule has 0 saturated heterocycles. The topological polar surface area (TPSA) is 80.8 Å². The fraction of sp³-hybridized carbons (Fsp3) is 0.759. The number of ether oxygens (including phenoxy) is 2. The Kier molecular flexibility index (Phi) is 11.2. The summed E-state index contributed by atoms with van der Waals surface area (Å²) in [6, 6.07) is 1.48. The second kappa shape index (κ2) is 13.9. The highest BCUT2D eigenvalue weighted by Crippen LogP contribution is 2.37. The van der Waals surface area contributed by atoms with Crippen LogP contribution in [0.15, 0.2) is 12.3 Å². The first-order valence-corrected chi connectivity index (χ1v) is 14.2. The Labute approximate surface area is 230 Å². The summed E-state index contributed by atoms with van der Waals surface area (Å²) < 4.78 is 49.8. The number of esters is 1. The van der Waals surface area contributed by atoms with E-state index in [1.807, 2.05) is 0 Å². The first kappa shape index (κ1) is 31.3. The Morgan fingerprint density at radius 3 is 2.49 bits per heavy atom. The van der Waals surface area contributed by atoms with E-state index in [-0.39, 0.29) is 54.2 Å². The van der Waals surface area contributed by atoms with Crippen molar-refractivity contribution in [2.45, 2.75) is 90.5 Å². The van der Waals surface area contributed by atoms with E-state index < -0.39 is 11.7 Å². The number of pyridine rings is 1. The number of amides is 1. The number of nitrogens with zero attached hydrogens (tertiary/aromatic N) is 2. The maximum atomic E-state index is 13.3. The van der Waals surface area contributed by atoms with Gasteiger partial charge in [-0.25, -0.2) is 0 Å². The molecule has 1 amide bonds. The number of carbonyl (C=O) groups excluding carboxylic acids is 2. The molecule has 2 heterocycles. The average molecular weight is 556 g/mol. The van der Waals surface area contributed by atoms with Gasteiger partial charge < -0.3 is 19.7 Å². The molecule has 7 nitrogen and oxygen atoms in total. The number of nitrogens with one attached hydrogen (secondary N) is 1. The van der Waals surface area contributed by atoms with E-state index in [1.165, 1.54) is 13.5 Å². The third-order valence-corrected chi connectivity index (χ3v) is 8.17. The summed E-state index contributed by atoms with van der Waals surface area (Å²) in [5.74, 6) is -0.00845. The van der Waals surface area contributed by atoms with Crippen molar-refractivity contribution in [2.75, 3.05) is 27.4 Å². The Balaban J connectivity index is 0.00000134. The van der Waals surface area contributed by atoms with Crippen molar-refractivity contribution in [2.24, 2.45) is 23.7 Å². The monoisotopic (exact) mass is 555 g/mol. The van der Waals surface area contributed by atoms with Crippen LogP contribution in [0.2, 0.25) is 0 Å². The molecule has 1 aromatic heterocycles. The molecule has 2 saturated carbocycles. The van der Waals surface area contributed by atoms with Crippen molar-refractivity contribution in [1.29, 1.82) is 0 Å². The quantitative estimate of drug-likeness (QED) is 0.497. The SMILES string of the molecule is CCC.COCC1CC(C(=O)OC)CC(C)C1NC1CCC(C(=O)N2CCc3ncc(C(F)(F)F)cc3C2)C1. The van der Waals surface area contributed by atoms with Gasteiger partial charge in [0.1, 0.15) is 0 Å². The molecule has 10 heteroatoms. The second-order valence-electron chi connectivity index (χ2n) is 11.3. The fourth-order valence-electron chi connectivity index (χ4n) is 6.37. The lowest BCUT2D eigenvalue weighted by atomic mass is 9.72. The van der Waals surface area contributed by atoms with Crippen LogP contribution in [0.25, 0.3) is 0 Å². The van der Waals surface area contributed by atoms with Crippen LogP contribution in [0, 0.1) is 23.7 Å². The lowest BCUT2D eigenvalue weighted by Crippen LogP contribution is -2.51. The highest BCUT2D eigenvalue weighted by Gasteiger charge is 2.42. The number of aromatic nitrogens is 1. The van der Waals surface area contributed by atoms with Crippen LogP contribution in [0.1, 0.15) is 76.1 Å². The van der Waals surface area contributed by atoms with Gasteiger partial charge in [-0.15, -0.1) is 0 Å². The Morgan fingerprint density at radius 2 is 1.85 bits per heavy atom. The predicted octanol–water partition coefficient (Wildman–Crippen LogP) is 5.01. The van der Waals surface area contributed by atoms with Gasteiger partial charge in [-0.2, -0.15) is 13.2 Å².